The normalized spacial score (nSPS) is 11.4. The third-order valence-corrected chi connectivity index (χ3v) is 6.57. The summed E-state index contributed by atoms with van der Waals surface area (Å²) in [4.78, 5) is 11.1. The predicted octanol–water partition coefficient (Wildman–Crippen LogP) is 4.40. The summed E-state index contributed by atoms with van der Waals surface area (Å²) in [6.45, 7) is 2.16. The fourth-order valence-corrected chi connectivity index (χ4v) is 4.81. The zero-order valence-electron chi connectivity index (χ0n) is 20.8. The first kappa shape index (κ1) is 25.0. The zero-order valence-corrected chi connectivity index (χ0v) is 23.1. The number of anilines is 1. The van der Waals surface area contributed by atoms with E-state index in [4.69, 9.17) is 9.72 Å². The SMILES string of the molecule is Cc1ccnc(B2c3[c-]c(-c4[c-]c(Oc5cc(N(C)C)ccn5)ccc4)ccc3-c3ccccc32)c1.[Pt+2]. The van der Waals surface area contributed by atoms with Gasteiger partial charge in [0.1, 0.15) is 0 Å². The van der Waals surface area contributed by atoms with Crippen LogP contribution >= 0.6 is 0 Å². The van der Waals surface area contributed by atoms with Gasteiger partial charge in [0, 0.05) is 49.6 Å². The van der Waals surface area contributed by atoms with Gasteiger partial charge in [-0.1, -0.05) is 35.3 Å². The van der Waals surface area contributed by atoms with Gasteiger partial charge >= 0.3 is 21.1 Å². The maximum absolute atomic E-state index is 6.06. The van der Waals surface area contributed by atoms with Crippen LogP contribution in [0.5, 0.6) is 11.6 Å². The van der Waals surface area contributed by atoms with Crippen LogP contribution in [0.15, 0.2) is 91.3 Å². The van der Waals surface area contributed by atoms with Crippen LogP contribution < -0.4 is 26.2 Å². The maximum Gasteiger partial charge on any atom is 2.00 e. The molecule has 0 saturated carbocycles. The van der Waals surface area contributed by atoms with E-state index in [1.165, 1.54) is 22.2 Å². The number of ether oxygens (including phenoxy) is 1. The molecule has 6 rings (SSSR count). The third-order valence-electron chi connectivity index (χ3n) is 6.57. The Hall–Kier alpha value is -3.69. The van der Waals surface area contributed by atoms with Crippen molar-refractivity contribution in [2.75, 3.05) is 19.0 Å². The average molecular weight is 660 g/mol. The molecule has 1 aliphatic rings. The molecule has 3 aromatic carbocycles. The summed E-state index contributed by atoms with van der Waals surface area (Å²) >= 11 is 0. The number of hydrogen-bond donors (Lipinski definition) is 0. The van der Waals surface area contributed by atoms with Gasteiger partial charge in [-0.25, -0.2) is 16.1 Å². The Bertz CT molecular complexity index is 1590. The van der Waals surface area contributed by atoms with Gasteiger partial charge in [-0.05, 0) is 30.7 Å². The molecular formula is C31H24BN3OPt. The Morgan fingerprint density at radius 1 is 0.784 bits per heavy atom. The molecule has 2 aromatic heterocycles. The quantitative estimate of drug-likeness (QED) is 0.203. The monoisotopic (exact) mass is 660 g/mol. The molecule has 0 fully saturated rings. The first-order valence-corrected chi connectivity index (χ1v) is 12.0. The summed E-state index contributed by atoms with van der Waals surface area (Å²) < 4.78 is 6.06. The van der Waals surface area contributed by atoms with Crippen LogP contribution in [0, 0.1) is 19.1 Å². The molecule has 0 N–H and O–H groups in total. The molecule has 4 nitrogen and oxygen atoms in total. The summed E-state index contributed by atoms with van der Waals surface area (Å²) in [5.41, 5.74) is 10.0. The van der Waals surface area contributed by atoms with Gasteiger partial charge in [-0.2, -0.15) is 29.7 Å². The topological polar surface area (TPSA) is 38.2 Å². The van der Waals surface area contributed by atoms with Gasteiger partial charge in [0.2, 0.25) is 12.6 Å². The molecule has 5 aromatic rings. The van der Waals surface area contributed by atoms with Crippen LogP contribution in [0.2, 0.25) is 0 Å². The average Bonchev–Trinajstić information content (AvgIpc) is 3.23. The maximum atomic E-state index is 6.06. The summed E-state index contributed by atoms with van der Waals surface area (Å²) in [7, 11) is 3.99. The van der Waals surface area contributed by atoms with Crippen molar-refractivity contribution in [3.05, 3.63) is 109 Å². The van der Waals surface area contributed by atoms with Crippen LogP contribution in [0.3, 0.4) is 0 Å². The molecule has 0 spiro atoms. The van der Waals surface area contributed by atoms with Crippen molar-refractivity contribution >= 4 is 28.9 Å². The largest absolute Gasteiger partial charge is 2.00 e. The molecule has 0 aliphatic carbocycles. The Morgan fingerprint density at radius 3 is 2.43 bits per heavy atom. The van der Waals surface area contributed by atoms with E-state index in [9.17, 15) is 0 Å². The van der Waals surface area contributed by atoms with Crippen molar-refractivity contribution in [1.82, 2.24) is 9.97 Å². The number of hydrogen-bond acceptors (Lipinski definition) is 4. The van der Waals surface area contributed by atoms with Gasteiger partial charge in [0.25, 0.3) is 0 Å². The number of nitrogens with zero attached hydrogens (tertiary/aromatic N) is 3. The third kappa shape index (κ3) is 4.84. The van der Waals surface area contributed by atoms with Crippen molar-refractivity contribution in [2.45, 2.75) is 6.92 Å². The second-order valence-corrected chi connectivity index (χ2v) is 9.26. The van der Waals surface area contributed by atoms with E-state index in [1.807, 2.05) is 61.6 Å². The van der Waals surface area contributed by atoms with Gasteiger partial charge in [-0.15, -0.1) is 23.8 Å². The van der Waals surface area contributed by atoms with E-state index in [0.717, 1.165) is 27.9 Å². The molecule has 0 atom stereocenters. The summed E-state index contributed by atoms with van der Waals surface area (Å²) in [5.74, 6) is 1.15. The van der Waals surface area contributed by atoms with Gasteiger partial charge in [-0.3, -0.25) is 4.98 Å². The summed E-state index contributed by atoms with van der Waals surface area (Å²) in [6, 6.07) is 34.0. The van der Waals surface area contributed by atoms with Gasteiger partial charge < -0.3 is 9.64 Å². The number of aryl methyl sites for hydroxylation is 1. The van der Waals surface area contributed by atoms with Crippen LogP contribution in [-0.4, -0.2) is 30.8 Å². The predicted molar refractivity (Wildman–Crippen MR) is 147 cm³/mol. The minimum Gasteiger partial charge on any atom is -0.460 e. The molecule has 0 unspecified atom stereocenters. The fraction of sp³-hybridized carbons (Fsp3) is 0.0968. The van der Waals surface area contributed by atoms with Crippen LogP contribution in [0.4, 0.5) is 5.69 Å². The summed E-state index contributed by atoms with van der Waals surface area (Å²) in [6.07, 6.45) is 3.64. The Labute approximate surface area is 232 Å². The summed E-state index contributed by atoms with van der Waals surface area (Å²) in [5, 5.41) is 0. The molecule has 6 heteroatoms. The van der Waals surface area contributed by atoms with E-state index >= 15 is 0 Å². The number of fused-ring (bicyclic) bond motifs is 3. The molecule has 0 amide bonds. The van der Waals surface area contributed by atoms with Crippen molar-refractivity contribution in [1.29, 1.82) is 0 Å². The van der Waals surface area contributed by atoms with E-state index < -0.39 is 0 Å². The van der Waals surface area contributed by atoms with E-state index in [1.54, 1.807) is 6.20 Å². The van der Waals surface area contributed by atoms with E-state index in [2.05, 4.69) is 66.5 Å². The van der Waals surface area contributed by atoms with Crippen LogP contribution in [0.1, 0.15) is 5.56 Å². The van der Waals surface area contributed by atoms with Crippen LogP contribution in [-0.2, 0) is 21.1 Å². The number of pyridine rings is 2. The van der Waals surface area contributed by atoms with Gasteiger partial charge in [0.15, 0.2) is 0 Å². The minimum atomic E-state index is 0. The number of benzene rings is 3. The second-order valence-electron chi connectivity index (χ2n) is 9.26. The Kier molecular flexibility index (Phi) is 6.99. The second kappa shape index (κ2) is 10.4. The molecule has 0 bridgehead atoms. The van der Waals surface area contributed by atoms with Crippen molar-refractivity contribution in [3.8, 4) is 33.9 Å². The molecule has 182 valence electrons. The molecule has 0 saturated heterocycles. The number of aromatic nitrogens is 2. The molecule has 1 aliphatic heterocycles. The standard InChI is InChI=1S/C31H24BN3O.Pt/c1-21-13-15-33-30(17-21)32-28-10-5-4-9-26(28)27-12-11-23(19-29(27)32)22-7-6-8-25(18-22)36-31-20-24(35(2)3)14-16-34-31;/h4-17,20H,1-3H3;/q-2;+2. The molecular weight excluding hydrogens is 636 g/mol. The van der Waals surface area contributed by atoms with Crippen molar-refractivity contribution in [2.24, 2.45) is 0 Å². The first-order chi connectivity index (χ1) is 17.6. The van der Waals surface area contributed by atoms with Crippen LogP contribution in [0.25, 0.3) is 22.3 Å². The molecule has 0 radical (unpaired) electrons. The minimum absolute atomic E-state index is 0. The van der Waals surface area contributed by atoms with E-state index in [0.29, 0.717) is 11.6 Å². The smallest absolute Gasteiger partial charge is 0.460 e. The van der Waals surface area contributed by atoms with E-state index in [-0.39, 0.29) is 27.8 Å². The fourth-order valence-electron chi connectivity index (χ4n) is 4.81. The van der Waals surface area contributed by atoms with Gasteiger partial charge in [0.05, 0.1) is 0 Å². The Morgan fingerprint density at radius 2 is 1.59 bits per heavy atom. The molecule has 37 heavy (non-hydrogen) atoms. The number of rotatable bonds is 5. The first-order valence-electron chi connectivity index (χ1n) is 12.0. The van der Waals surface area contributed by atoms with Crippen molar-refractivity contribution < 1.29 is 25.8 Å². The van der Waals surface area contributed by atoms with Crippen molar-refractivity contribution in [3.63, 3.8) is 0 Å². The Balaban J connectivity index is 0.00000280. The molecule has 3 heterocycles. The zero-order chi connectivity index (χ0) is 24.6.